The fourth-order valence-corrected chi connectivity index (χ4v) is 4.94. The van der Waals surface area contributed by atoms with Crippen molar-refractivity contribution in [2.75, 3.05) is 6.54 Å². The van der Waals surface area contributed by atoms with Crippen LogP contribution in [0.5, 0.6) is 0 Å². The van der Waals surface area contributed by atoms with E-state index in [-0.39, 0.29) is 17.7 Å². The predicted molar refractivity (Wildman–Crippen MR) is 170 cm³/mol. The highest BCUT2D eigenvalue weighted by Gasteiger charge is 2.38. The molecule has 0 radical (unpaired) electrons. The molecule has 0 aliphatic heterocycles. The van der Waals surface area contributed by atoms with Gasteiger partial charge in [-0.2, -0.15) is 0 Å². The lowest BCUT2D eigenvalue weighted by Gasteiger charge is -2.36. The second-order valence-corrected chi connectivity index (χ2v) is 12.4. The van der Waals surface area contributed by atoms with Crippen LogP contribution in [-0.4, -0.2) is 41.0 Å². The van der Waals surface area contributed by atoms with Gasteiger partial charge in [-0.1, -0.05) is 107 Å². The van der Waals surface area contributed by atoms with Gasteiger partial charge in [-0.15, -0.1) is 0 Å². The molecule has 2 N–H and O–H groups in total. The molecule has 2 rings (SSSR count). The van der Waals surface area contributed by atoms with Crippen molar-refractivity contribution in [1.82, 2.24) is 15.5 Å². The maximum absolute atomic E-state index is 14.5. The SMILES string of the molecule is CCCCCCCN(C(=O)C(NC(=O)OC(C)(C)C)C(C)CC)C(C(=O)NCc1ccccc1)c1cc(C)ccc1C. The molecule has 0 saturated carbocycles. The fraction of sp³-hybridized carbons (Fsp3) is 0.571. The summed E-state index contributed by atoms with van der Waals surface area (Å²) in [5.41, 5.74) is 3.02. The molecule has 0 saturated heterocycles. The Kier molecular flexibility index (Phi) is 14.1. The lowest BCUT2D eigenvalue weighted by molar-refractivity contribution is -0.143. The lowest BCUT2D eigenvalue weighted by Crippen LogP contribution is -2.55. The third-order valence-corrected chi connectivity index (χ3v) is 7.54. The van der Waals surface area contributed by atoms with Gasteiger partial charge in [0.05, 0.1) is 0 Å². The maximum atomic E-state index is 14.5. The topological polar surface area (TPSA) is 87.7 Å². The molecule has 0 aliphatic rings. The molecule has 7 nitrogen and oxygen atoms in total. The van der Waals surface area contributed by atoms with Crippen molar-refractivity contribution in [3.8, 4) is 0 Å². The number of nitrogens with zero attached hydrogens (tertiary/aromatic N) is 1. The summed E-state index contributed by atoms with van der Waals surface area (Å²) in [6, 6.07) is 14.1. The first-order chi connectivity index (χ1) is 19.9. The molecule has 0 bridgehead atoms. The first-order valence-corrected chi connectivity index (χ1v) is 15.6. The summed E-state index contributed by atoms with van der Waals surface area (Å²) in [5.74, 6) is -0.680. The number of alkyl carbamates (subject to hydrolysis) is 1. The lowest BCUT2D eigenvalue weighted by atomic mass is 9.93. The number of unbranched alkanes of at least 4 members (excludes halogenated alkanes) is 4. The van der Waals surface area contributed by atoms with Crippen LogP contribution in [0.2, 0.25) is 0 Å². The van der Waals surface area contributed by atoms with Gasteiger partial charge in [0, 0.05) is 13.1 Å². The number of hydrogen-bond acceptors (Lipinski definition) is 4. The Balaban J connectivity index is 2.54. The number of carbonyl (C=O) groups is 3. The molecule has 3 atom stereocenters. The standard InChI is InChI=1S/C35H53N3O4/c1-9-11-12-13-17-22-38(33(40)30(26(4)10-2)37-34(41)42-35(6,7)8)31(29-23-25(3)20-21-27(29)5)32(39)36-24-28-18-15-14-16-19-28/h14-16,18-21,23,26,30-31H,9-13,17,22,24H2,1-8H3,(H,36,39)(H,37,41). The quantitative estimate of drug-likeness (QED) is 0.215. The number of amides is 3. The van der Waals surface area contributed by atoms with Crippen LogP contribution >= 0.6 is 0 Å². The zero-order valence-corrected chi connectivity index (χ0v) is 27.1. The number of carbonyl (C=O) groups excluding carboxylic acids is 3. The average Bonchev–Trinajstić information content (AvgIpc) is 2.94. The molecule has 2 aromatic carbocycles. The summed E-state index contributed by atoms with van der Waals surface area (Å²) in [7, 11) is 0. The van der Waals surface area contributed by atoms with E-state index in [1.54, 1.807) is 25.7 Å². The van der Waals surface area contributed by atoms with Crippen molar-refractivity contribution in [3.63, 3.8) is 0 Å². The molecule has 2 aromatic rings. The Morgan fingerprint density at radius 1 is 0.929 bits per heavy atom. The molecule has 0 heterocycles. The molecule has 0 fully saturated rings. The van der Waals surface area contributed by atoms with E-state index < -0.39 is 23.8 Å². The summed E-state index contributed by atoms with van der Waals surface area (Å²) < 4.78 is 5.53. The first-order valence-electron chi connectivity index (χ1n) is 15.6. The summed E-state index contributed by atoms with van der Waals surface area (Å²) in [6.45, 7) is 16.2. The zero-order valence-electron chi connectivity index (χ0n) is 27.1. The highest BCUT2D eigenvalue weighted by molar-refractivity contribution is 5.92. The summed E-state index contributed by atoms with van der Waals surface area (Å²) in [5, 5.41) is 5.96. The van der Waals surface area contributed by atoms with Crippen molar-refractivity contribution in [2.45, 2.75) is 118 Å². The Hall–Kier alpha value is -3.35. The Bertz CT molecular complexity index is 1140. The van der Waals surface area contributed by atoms with Crippen molar-refractivity contribution >= 4 is 17.9 Å². The molecule has 3 unspecified atom stereocenters. The smallest absolute Gasteiger partial charge is 0.408 e. The molecule has 42 heavy (non-hydrogen) atoms. The van der Waals surface area contributed by atoms with Crippen molar-refractivity contribution in [2.24, 2.45) is 5.92 Å². The van der Waals surface area contributed by atoms with Gasteiger partial charge < -0.3 is 20.3 Å². The first kappa shape index (κ1) is 34.8. The van der Waals surface area contributed by atoms with E-state index in [1.807, 2.05) is 76.2 Å². The van der Waals surface area contributed by atoms with Gasteiger partial charge >= 0.3 is 6.09 Å². The monoisotopic (exact) mass is 579 g/mol. The van der Waals surface area contributed by atoms with E-state index in [2.05, 4.69) is 17.6 Å². The number of ether oxygens (including phenoxy) is 1. The van der Waals surface area contributed by atoms with E-state index in [1.165, 1.54) is 0 Å². The van der Waals surface area contributed by atoms with E-state index >= 15 is 0 Å². The number of aryl methyl sites for hydroxylation is 2. The second-order valence-electron chi connectivity index (χ2n) is 12.4. The van der Waals surface area contributed by atoms with Crippen LogP contribution in [-0.2, 0) is 20.9 Å². The van der Waals surface area contributed by atoms with E-state index in [4.69, 9.17) is 4.74 Å². The Morgan fingerprint density at radius 3 is 2.21 bits per heavy atom. The summed E-state index contributed by atoms with van der Waals surface area (Å²) in [4.78, 5) is 43.2. The minimum atomic E-state index is -0.848. The molecule has 232 valence electrons. The van der Waals surface area contributed by atoms with Gasteiger partial charge in [0.15, 0.2) is 0 Å². The van der Waals surface area contributed by atoms with Gasteiger partial charge in [0.25, 0.3) is 0 Å². The van der Waals surface area contributed by atoms with Crippen LogP contribution in [0, 0.1) is 19.8 Å². The normalized spacial score (nSPS) is 13.5. The van der Waals surface area contributed by atoms with Crippen LogP contribution in [0.1, 0.15) is 108 Å². The third kappa shape index (κ3) is 11.1. The van der Waals surface area contributed by atoms with E-state index in [9.17, 15) is 14.4 Å². The Labute approximate surface area is 253 Å². The van der Waals surface area contributed by atoms with E-state index in [0.717, 1.165) is 54.4 Å². The molecule has 3 amide bonds. The number of nitrogens with one attached hydrogen (secondary N) is 2. The van der Waals surface area contributed by atoms with Gasteiger partial charge in [-0.05, 0) is 63.6 Å². The van der Waals surface area contributed by atoms with Crippen LogP contribution < -0.4 is 10.6 Å². The Morgan fingerprint density at radius 2 is 1.60 bits per heavy atom. The van der Waals surface area contributed by atoms with Gasteiger partial charge in [0.1, 0.15) is 17.7 Å². The highest BCUT2D eigenvalue weighted by atomic mass is 16.6. The maximum Gasteiger partial charge on any atom is 0.408 e. The number of rotatable bonds is 15. The molecule has 0 aliphatic carbocycles. The van der Waals surface area contributed by atoms with E-state index in [0.29, 0.717) is 19.5 Å². The molecule has 0 aromatic heterocycles. The van der Waals surface area contributed by atoms with Crippen LogP contribution in [0.25, 0.3) is 0 Å². The fourth-order valence-electron chi connectivity index (χ4n) is 4.94. The molecular formula is C35H53N3O4. The minimum Gasteiger partial charge on any atom is -0.444 e. The zero-order chi connectivity index (χ0) is 31.3. The number of hydrogen-bond donors (Lipinski definition) is 2. The largest absolute Gasteiger partial charge is 0.444 e. The molecule has 7 heteroatoms. The number of benzene rings is 2. The van der Waals surface area contributed by atoms with Crippen LogP contribution in [0.3, 0.4) is 0 Å². The molecular weight excluding hydrogens is 526 g/mol. The van der Waals surface area contributed by atoms with Crippen molar-refractivity contribution in [3.05, 3.63) is 70.8 Å². The second kappa shape index (κ2) is 16.9. The van der Waals surface area contributed by atoms with Crippen LogP contribution in [0.4, 0.5) is 4.79 Å². The van der Waals surface area contributed by atoms with Crippen LogP contribution in [0.15, 0.2) is 48.5 Å². The van der Waals surface area contributed by atoms with Crippen molar-refractivity contribution < 1.29 is 19.1 Å². The minimum absolute atomic E-state index is 0.167. The van der Waals surface area contributed by atoms with Gasteiger partial charge in [0.2, 0.25) is 11.8 Å². The summed E-state index contributed by atoms with van der Waals surface area (Å²) in [6.07, 6.45) is 5.06. The molecule has 0 spiro atoms. The predicted octanol–water partition coefficient (Wildman–Crippen LogP) is 7.40. The summed E-state index contributed by atoms with van der Waals surface area (Å²) >= 11 is 0. The highest BCUT2D eigenvalue weighted by Crippen LogP contribution is 2.29. The third-order valence-electron chi connectivity index (χ3n) is 7.54. The average molecular weight is 580 g/mol. The van der Waals surface area contributed by atoms with Crippen molar-refractivity contribution in [1.29, 1.82) is 0 Å². The van der Waals surface area contributed by atoms with Gasteiger partial charge in [-0.3, -0.25) is 9.59 Å². The van der Waals surface area contributed by atoms with Gasteiger partial charge in [-0.25, -0.2) is 4.79 Å².